The van der Waals surface area contributed by atoms with E-state index >= 15 is 0 Å². The summed E-state index contributed by atoms with van der Waals surface area (Å²) >= 11 is 0. The van der Waals surface area contributed by atoms with Gasteiger partial charge in [-0.15, -0.1) is 6.58 Å². The van der Waals surface area contributed by atoms with E-state index in [1.165, 1.54) is 0 Å². The molecule has 1 saturated heterocycles. The Morgan fingerprint density at radius 2 is 2.05 bits per heavy atom. The molecule has 1 aliphatic rings. The van der Waals surface area contributed by atoms with Gasteiger partial charge in [-0.2, -0.15) is 0 Å². The Labute approximate surface area is 125 Å². The molecule has 1 heterocycles. The van der Waals surface area contributed by atoms with E-state index in [2.05, 4.69) is 6.58 Å². The van der Waals surface area contributed by atoms with Gasteiger partial charge in [0, 0.05) is 7.11 Å². The minimum absolute atomic E-state index is 0.158. The van der Waals surface area contributed by atoms with Gasteiger partial charge in [-0.25, -0.2) is 0 Å². The quantitative estimate of drug-likeness (QED) is 0.773. The molecule has 0 saturated carbocycles. The van der Waals surface area contributed by atoms with Crippen LogP contribution in [-0.4, -0.2) is 50.0 Å². The lowest BCUT2D eigenvalue weighted by atomic mass is 10.0. The predicted molar refractivity (Wildman–Crippen MR) is 77.7 cm³/mol. The van der Waals surface area contributed by atoms with Gasteiger partial charge in [-0.05, 0) is 5.56 Å². The van der Waals surface area contributed by atoms with Crippen molar-refractivity contribution in [1.82, 2.24) is 0 Å². The van der Waals surface area contributed by atoms with E-state index in [4.69, 9.17) is 18.9 Å². The van der Waals surface area contributed by atoms with Crippen LogP contribution in [0.2, 0.25) is 0 Å². The SMILES string of the molecule is C=CCO[C@H]1[C@H](OCc2ccccc2)[C@H](OC)OC[C@H]1O. The predicted octanol–water partition coefficient (Wildman–Crippen LogP) is 1.51. The first kappa shape index (κ1) is 16.1. The van der Waals surface area contributed by atoms with Crippen LogP contribution in [0, 0.1) is 0 Å². The largest absolute Gasteiger partial charge is 0.388 e. The summed E-state index contributed by atoms with van der Waals surface area (Å²) in [4.78, 5) is 0. The van der Waals surface area contributed by atoms with Crippen molar-refractivity contribution < 1.29 is 24.1 Å². The van der Waals surface area contributed by atoms with E-state index in [0.29, 0.717) is 13.2 Å². The number of aliphatic hydroxyl groups excluding tert-OH is 1. The first-order valence-electron chi connectivity index (χ1n) is 6.96. The standard InChI is InChI=1S/C16H22O5/c1-3-9-19-14-13(17)11-21-16(18-2)15(14)20-10-12-7-5-4-6-8-12/h3-8,13-17H,1,9-11H2,2H3/t13-,14-,15+,16-/m1/s1. The highest BCUT2D eigenvalue weighted by Gasteiger charge is 2.41. The smallest absolute Gasteiger partial charge is 0.186 e. The summed E-state index contributed by atoms with van der Waals surface area (Å²) in [5.74, 6) is 0. The van der Waals surface area contributed by atoms with E-state index < -0.39 is 24.6 Å². The third kappa shape index (κ3) is 4.36. The lowest BCUT2D eigenvalue weighted by Crippen LogP contribution is -2.55. The van der Waals surface area contributed by atoms with Crippen LogP contribution in [0.4, 0.5) is 0 Å². The molecule has 1 fully saturated rings. The zero-order chi connectivity index (χ0) is 15.1. The fourth-order valence-corrected chi connectivity index (χ4v) is 2.28. The maximum atomic E-state index is 10.1. The average Bonchev–Trinajstić information content (AvgIpc) is 2.53. The van der Waals surface area contributed by atoms with Gasteiger partial charge in [0.2, 0.25) is 0 Å². The molecule has 0 unspecified atom stereocenters. The molecule has 21 heavy (non-hydrogen) atoms. The van der Waals surface area contributed by atoms with Crippen LogP contribution >= 0.6 is 0 Å². The molecule has 1 aromatic carbocycles. The van der Waals surface area contributed by atoms with E-state index in [-0.39, 0.29) is 6.61 Å². The maximum Gasteiger partial charge on any atom is 0.186 e. The molecule has 0 aliphatic carbocycles. The normalized spacial score (nSPS) is 29.2. The van der Waals surface area contributed by atoms with Crippen LogP contribution < -0.4 is 0 Å². The fourth-order valence-electron chi connectivity index (χ4n) is 2.28. The zero-order valence-corrected chi connectivity index (χ0v) is 12.2. The molecule has 0 spiro atoms. The molecule has 1 aliphatic heterocycles. The molecular weight excluding hydrogens is 272 g/mol. The van der Waals surface area contributed by atoms with Crippen molar-refractivity contribution in [2.24, 2.45) is 0 Å². The summed E-state index contributed by atoms with van der Waals surface area (Å²) < 4.78 is 22.2. The first-order valence-corrected chi connectivity index (χ1v) is 6.96. The highest BCUT2D eigenvalue weighted by atomic mass is 16.7. The van der Waals surface area contributed by atoms with Crippen LogP contribution in [0.5, 0.6) is 0 Å². The molecule has 1 N–H and O–H groups in total. The summed E-state index contributed by atoms with van der Waals surface area (Å²) in [5, 5.41) is 10.1. The van der Waals surface area contributed by atoms with Gasteiger partial charge in [0.15, 0.2) is 6.29 Å². The van der Waals surface area contributed by atoms with Crippen molar-refractivity contribution in [1.29, 1.82) is 0 Å². The minimum atomic E-state index is -0.753. The highest BCUT2D eigenvalue weighted by molar-refractivity contribution is 5.13. The molecule has 0 radical (unpaired) electrons. The Bertz CT molecular complexity index is 422. The van der Waals surface area contributed by atoms with Crippen LogP contribution in [-0.2, 0) is 25.6 Å². The number of ether oxygens (including phenoxy) is 4. The zero-order valence-electron chi connectivity index (χ0n) is 12.2. The number of benzene rings is 1. The second-order valence-electron chi connectivity index (χ2n) is 4.85. The van der Waals surface area contributed by atoms with Crippen LogP contribution in [0.3, 0.4) is 0 Å². The molecule has 0 aromatic heterocycles. The van der Waals surface area contributed by atoms with Gasteiger partial charge >= 0.3 is 0 Å². The van der Waals surface area contributed by atoms with Crippen molar-refractivity contribution in [2.45, 2.75) is 31.2 Å². The van der Waals surface area contributed by atoms with Gasteiger partial charge < -0.3 is 24.1 Å². The second-order valence-corrected chi connectivity index (χ2v) is 4.85. The molecular formula is C16H22O5. The monoisotopic (exact) mass is 294 g/mol. The first-order chi connectivity index (χ1) is 10.3. The molecule has 1 aromatic rings. The van der Waals surface area contributed by atoms with E-state index in [1.54, 1.807) is 13.2 Å². The van der Waals surface area contributed by atoms with E-state index in [9.17, 15) is 5.11 Å². The number of hydrogen-bond donors (Lipinski definition) is 1. The number of methoxy groups -OCH3 is 1. The molecule has 116 valence electrons. The number of aliphatic hydroxyl groups is 1. The molecule has 5 nitrogen and oxygen atoms in total. The second kappa shape index (κ2) is 8.26. The third-order valence-corrected chi connectivity index (χ3v) is 3.33. The Morgan fingerprint density at radius 3 is 2.71 bits per heavy atom. The topological polar surface area (TPSA) is 57.2 Å². The van der Waals surface area contributed by atoms with Crippen LogP contribution in [0.25, 0.3) is 0 Å². The number of hydrogen-bond acceptors (Lipinski definition) is 5. The molecule has 2 rings (SSSR count). The van der Waals surface area contributed by atoms with E-state index in [1.807, 2.05) is 30.3 Å². The van der Waals surface area contributed by atoms with Crippen molar-refractivity contribution in [3.05, 3.63) is 48.6 Å². The summed E-state index contributed by atoms with van der Waals surface area (Å²) in [6.45, 7) is 4.51. The summed E-state index contributed by atoms with van der Waals surface area (Å²) in [5.41, 5.74) is 1.04. The van der Waals surface area contributed by atoms with Gasteiger partial charge in [-0.3, -0.25) is 0 Å². The summed E-state index contributed by atoms with van der Waals surface area (Å²) in [7, 11) is 1.55. The van der Waals surface area contributed by atoms with Crippen molar-refractivity contribution >= 4 is 0 Å². The minimum Gasteiger partial charge on any atom is -0.388 e. The average molecular weight is 294 g/mol. The third-order valence-electron chi connectivity index (χ3n) is 3.33. The fraction of sp³-hybridized carbons (Fsp3) is 0.500. The van der Waals surface area contributed by atoms with E-state index in [0.717, 1.165) is 5.56 Å². The Morgan fingerprint density at radius 1 is 1.29 bits per heavy atom. The van der Waals surface area contributed by atoms with Crippen molar-refractivity contribution in [2.75, 3.05) is 20.3 Å². The molecule has 4 atom stereocenters. The lowest BCUT2D eigenvalue weighted by molar-refractivity contribution is -0.282. The number of rotatable bonds is 7. The Balaban J connectivity index is 2.03. The Kier molecular flexibility index (Phi) is 6.35. The maximum absolute atomic E-state index is 10.1. The Hall–Kier alpha value is -1.24. The van der Waals surface area contributed by atoms with Gasteiger partial charge in [0.1, 0.15) is 18.3 Å². The molecule has 5 heteroatoms. The van der Waals surface area contributed by atoms with Crippen LogP contribution in [0.15, 0.2) is 43.0 Å². The van der Waals surface area contributed by atoms with Crippen LogP contribution in [0.1, 0.15) is 5.56 Å². The summed E-state index contributed by atoms with van der Waals surface area (Å²) in [6.07, 6.45) is -0.688. The van der Waals surface area contributed by atoms with Crippen molar-refractivity contribution in [3.63, 3.8) is 0 Å². The van der Waals surface area contributed by atoms with Gasteiger partial charge in [0.05, 0.1) is 19.8 Å². The molecule has 0 bridgehead atoms. The highest BCUT2D eigenvalue weighted by Crippen LogP contribution is 2.23. The molecule has 0 amide bonds. The van der Waals surface area contributed by atoms with Gasteiger partial charge in [-0.1, -0.05) is 36.4 Å². The van der Waals surface area contributed by atoms with Crippen molar-refractivity contribution in [3.8, 4) is 0 Å². The summed E-state index contributed by atoms with van der Waals surface area (Å²) in [6, 6.07) is 9.79. The lowest BCUT2D eigenvalue weighted by Gasteiger charge is -2.39. The van der Waals surface area contributed by atoms with Gasteiger partial charge in [0.25, 0.3) is 0 Å².